The van der Waals surface area contributed by atoms with Gasteiger partial charge in [0.1, 0.15) is 0 Å². The highest BCUT2D eigenvalue weighted by molar-refractivity contribution is 5.80. The molecule has 0 amide bonds. The van der Waals surface area contributed by atoms with Crippen molar-refractivity contribution in [1.29, 1.82) is 0 Å². The lowest BCUT2D eigenvalue weighted by molar-refractivity contribution is 0.691. The Labute approximate surface area is 121 Å². The molecule has 104 valence electrons. The number of rotatable bonds is 4. The Morgan fingerprint density at radius 2 is 2.00 bits per heavy atom. The fourth-order valence-electron chi connectivity index (χ4n) is 3.00. The molecule has 0 radical (unpaired) electrons. The Bertz CT molecular complexity index is 643. The third-order valence-electron chi connectivity index (χ3n) is 4.23. The number of nitrogens with zero attached hydrogens (tertiary/aromatic N) is 1. The van der Waals surface area contributed by atoms with Gasteiger partial charge >= 0.3 is 0 Å². The molecule has 0 fully saturated rings. The Hall–Kier alpha value is -1.76. The smallest absolute Gasteiger partial charge is 0.0477 e. The van der Waals surface area contributed by atoms with Gasteiger partial charge in [0, 0.05) is 18.8 Å². The van der Waals surface area contributed by atoms with Crippen LogP contribution in [-0.4, -0.2) is 4.57 Å². The minimum atomic E-state index is 1.04. The molecule has 0 bridgehead atoms. The number of aromatic nitrogens is 1. The van der Waals surface area contributed by atoms with Crippen LogP contribution in [0.2, 0.25) is 0 Å². The van der Waals surface area contributed by atoms with E-state index >= 15 is 0 Å². The van der Waals surface area contributed by atoms with Crippen LogP contribution in [-0.2, 0) is 13.5 Å². The molecule has 0 atom stereocenters. The summed E-state index contributed by atoms with van der Waals surface area (Å²) in [6, 6.07) is 8.96. The van der Waals surface area contributed by atoms with Crippen LogP contribution < -0.4 is 0 Å². The summed E-state index contributed by atoms with van der Waals surface area (Å²) in [5, 5.41) is 1.34. The second-order valence-corrected chi connectivity index (χ2v) is 5.81. The molecule has 0 saturated carbocycles. The average molecular weight is 265 g/mol. The van der Waals surface area contributed by atoms with Crippen LogP contribution in [0.3, 0.4) is 0 Å². The Kier molecular flexibility index (Phi) is 4.05. The third-order valence-corrected chi connectivity index (χ3v) is 4.23. The maximum absolute atomic E-state index is 2.43. The van der Waals surface area contributed by atoms with Gasteiger partial charge in [0.15, 0.2) is 0 Å². The summed E-state index contributed by atoms with van der Waals surface area (Å²) >= 11 is 0. The number of fused-ring (bicyclic) bond motifs is 1. The molecule has 1 heteroatoms. The highest BCUT2D eigenvalue weighted by Crippen LogP contribution is 2.21. The Balaban J connectivity index is 1.60. The molecule has 1 aliphatic rings. The van der Waals surface area contributed by atoms with E-state index in [4.69, 9.17) is 0 Å². The van der Waals surface area contributed by atoms with Crippen LogP contribution in [0.25, 0.3) is 10.9 Å². The van der Waals surface area contributed by atoms with Crippen molar-refractivity contribution in [2.75, 3.05) is 0 Å². The number of benzene rings is 1. The molecule has 1 nitrogen and oxygen atoms in total. The zero-order chi connectivity index (χ0) is 13.8. The summed E-state index contributed by atoms with van der Waals surface area (Å²) in [7, 11) is 2.10. The van der Waals surface area contributed by atoms with Gasteiger partial charge < -0.3 is 4.57 Å². The van der Waals surface area contributed by atoms with E-state index < -0.39 is 0 Å². The predicted octanol–water partition coefficient (Wildman–Crippen LogP) is 5.17. The van der Waals surface area contributed by atoms with Crippen molar-refractivity contribution in [3.8, 4) is 0 Å². The molecule has 0 spiro atoms. The van der Waals surface area contributed by atoms with Gasteiger partial charge in [-0.25, -0.2) is 0 Å². The zero-order valence-corrected chi connectivity index (χ0v) is 12.3. The molecular formula is C19H23N. The van der Waals surface area contributed by atoms with Crippen molar-refractivity contribution in [1.82, 2.24) is 4.57 Å². The maximum atomic E-state index is 2.43. The van der Waals surface area contributed by atoms with E-state index in [0.717, 1.165) is 12.8 Å². The van der Waals surface area contributed by atoms with Gasteiger partial charge in [-0.15, -0.1) is 0 Å². The van der Waals surface area contributed by atoms with Crippen LogP contribution in [0.15, 0.2) is 54.3 Å². The molecule has 1 heterocycles. The van der Waals surface area contributed by atoms with Crippen LogP contribution in [0.1, 0.15) is 37.7 Å². The van der Waals surface area contributed by atoms with E-state index in [0.29, 0.717) is 0 Å². The highest BCUT2D eigenvalue weighted by Gasteiger charge is 2.01. The summed E-state index contributed by atoms with van der Waals surface area (Å²) in [4.78, 5) is 0. The quantitative estimate of drug-likeness (QED) is 0.672. The van der Waals surface area contributed by atoms with Gasteiger partial charge in [0.2, 0.25) is 0 Å². The number of allylic oxidation sites excluding steroid dienone is 4. The summed E-state index contributed by atoms with van der Waals surface area (Å²) < 4.78 is 2.17. The topological polar surface area (TPSA) is 4.93 Å². The first-order valence-electron chi connectivity index (χ1n) is 7.70. The van der Waals surface area contributed by atoms with E-state index in [1.165, 1.54) is 42.1 Å². The van der Waals surface area contributed by atoms with E-state index in [-0.39, 0.29) is 0 Å². The van der Waals surface area contributed by atoms with Crippen LogP contribution in [0.4, 0.5) is 0 Å². The first-order chi connectivity index (χ1) is 9.83. The van der Waals surface area contributed by atoms with Gasteiger partial charge in [-0.2, -0.15) is 0 Å². The molecule has 20 heavy (non-hydrogen) atoms. The molecular weight excluding hydrogens is 242 g/mol. The summed E-state index contributed by atoms with van der Waals surface area (Å²) in [5.41, 5.74) is 4.34. The van der Waals surface area contributed by atoms with E-state index in [2.05, 4.69) is 60.3 Å². The van der Waals surface area contributed by atoms with Crippen molar-refractivity contribution in [2.24, 2.45) is 7.05 Å². The van der Waals surface area contributed by atoms with E-state index in [1.54, 1.807) is 5.57 Å². The fraction of sp³-hybridized carbons (Fsp3) is 0.368. The minimum Gasteiger partial charge on any atom is -0.351 e. The normalized spacial score (nSPS) is 15.9. The summed E-state index contributed by atoms with van der Waals surface area (Å²) in [5.74, 6) is 0. The van der Waals surface area contributed by atoms with Gasteiger partial charge in [-0.3, -0.25) is 0 Å². The van der Waals surface area contributed by atoms with Gasteiger partial charge in [-0.1, -0.05) is 29.9 Å². The standard InChI is InChI=1S/C19H23N/c1-20-14-13-18-15-17(11-12-19(18)20)10-6-5-9-16-7-3-2-4-8-16/h5-7,11-15H,2-4,8-10H2,1H3/b6-5+. The minimum absolute atomic E-state index is 1.04. The van der Waals surface area contributed by atoms with Crippen LogP contribution >= 0.6 is 0 Å². The zero-order valence-electron chi connectivity index (χ0n) is 12.3. The summed E-state index contributed by atoms with van der Waals surface area (Å²) in [6.07, 6.45) is 16.8. The molecule has 0 saturated heterocycles. The fourth-order valence-corrected chi connectivity index (χ4v) is 3.00. The Morgan fingerprint density at radius 3 is 2.85 bits per heavy atom. The first kappa shape index (κ1) is 13.2. The van der Waals surface area contributed by atoms with Crippen LogP contribution in [0.5, 0.6) is 0 Å². The second kappa shape index (κ2) is 6.13. The van der Waals surface area contributed by atoms with Gasteiger partial charge in [0.05, 0.1) is 0 Å². The first-order valence-corrected chi connectivity index (χ1v) is 7.70. The van der Waals surface area contributed by atoms with Crippen molar-refractivity contribution < 1.29 is 0 Å². The molecule has 2 aromatic rings. The highest BCUT2D eigenvalue weighted by atomic mass is 14.9. The van der Waals surface area contributed by atoms with E-state index in [9.17, 15) is 0 Å². The monoisotopic (exact) mass is 265 g/mol. The van der Waals surface area contributed by atoms with Crippen molar-refractivity contribution in [3.05, 3.63) is 59.8 Å². The lowest BCUT2D eigenvalue weighted by Gasteiger charge is -2.09. The average Bonchev–Trinajstić information content (AvgIpc) is 2.86. The second-order valence-electron chi connectivity index (χ2n) is 5.81. The molecule has 0 aliphatic heterocycles. The lowest BCUT2D eigenvalue weighted by Crippen LogP contribution is -1.90. The lowest BCUT2D eigenvalue weighted by atomic mass is 9.97. The molecule has 3 rings (SSSR count). The van der Waals surface area contributed by atoms with Crippen molar-refractivity contribution in [3.63, 3.8) is 0 Å². The predicted molar refractivity (Wildman–Crippen MR) is 86.9 cm³/mol. The van der Waals surface area contributed by atoms with Gasteiger partial charge in [-0.05, 0) is 67.7 Å². The largest absolute Gasteiger partial charge is 0.351 e. The Morgan fingerprint density at radius 1 is 1.10 bits per heavy atom. The summed E-state index contributed by atoms with van der Waals surface area (Å²) in [6.45, 7) is 0. The van der Waals surface area contributed by atoms with Crippen molar-refractivity contribution >= 4 is 10.9 Å². The van der Waals surface area contributed by atoms with Crippen LogP contribution in [0, 0.1) is 0 Å². The molecule has 1 aromatic heterocycles. The molecule has 0 unspecified atom stereocenters. The number of hydrogen-bond acceptors (Lipinski definition) is 0. The number of aryl methyl sites for hydroxylation is 1. The third kappa shape index (κ3) is 3.04. The number of hydrogen-bond donors (Lipinski definition) is 0. The maximum Gasteiger partial charge on any atom is 0.0477 e. The molecule has 0 N–H and O–H groups in total. The molecule has 1 aliphatic carbocycles. The van der Waals surface area contributed by atoms with Gasteiger partial charge in [0.25, 0.3) is 0 Å². The molecule has 1 aromatic carbocycles. The van der Waals surface area contributed by atoms with Crippen molar-refractivity contribution in [2.45, 2.75) is 38.5 Å². The van der Waals surface area contributed by atoms with E-state index in [1.807, 2.05) is 0 Å². The SMILES string of the molecule is Cn1ccc2cc(C/C=C/CC3=CCCCC3)ccc21.